The largest absolute Gasteiger partial charge is 0.497 e. The van der Waals surface area contributed by atoms with Gasteiger partial charge in [0.1, 0.15) is 17.2 Å². The van der Waals surface area contributed by atoms with Crippen molar-refractivity contribution in [1.29, 1.82) is 0 Å². The van der Waals surface area contributed by atoms with Gasteiger partial charge in [0.2, 0.25) is 0 Å². The summed E-state index contributed by atoms with van der Waals surface area (Å²) in [5.74, 6) is 2.33. The molecular weight excluding hydrogens is 400 g/mol. The molecule has 162 valence electrons. The number of nitrogens with zero attached hydrogens (tertiary/aromatic N) is 1. The topological polar surface area (TPSA) is 52.2 Å². The minimum atomic E-state index is 0.154. The Morgan fingerprint density at radius 3 is 2.57 bits per heavy atom. The summed E-state index contributed by atoms with van der Waals surface area (Å²) >= 11 is 5.80. The van der Waals surface area contributed by atoms with Crippen LogP contribution < -0.4 is 19.5 Å². The molecule has 1 fully saturated rings. The number of anilines is 1. The molecule has 2 aromatic carbocycles. The number of nitrogens with one attached hydrogen (secondary N) is 1. The molecule has 0 spiro atoms. The summed E-state index contributed by atoms with van der Waals surface area (Å²) in [6.07, 6.45) is 2.26. The second kappa shape index (κ2) is 10.5. The van der Waals surface area contributed by atoms with Gasteiger partial charge in [-0.25, -0.2) is 0 Å². The van der Waals surface area contributed by atoms with Crippen molar-refractivity contribution in [1.82, 2.24) is 4.90 Å². The summed E-state index contributed by atoms with van der Waals surface area (Å²) in [6.45, 7) is 4.09. The van der Waals surface area contributed by atoms with E-state index in [2.05, 4.69) is 10.2 Å². The molecule has 0 aliphatic carbocycles. The fourth-order valence-electron chi connectivity index (χ4n) is 3.56. The molecule has 1 N–H and O–H groups in total. The van der Waals surface area contributed by atoms with E-state index in [4.69, 9.17) is 31.2 Å². The van der Waals surface area contributed by atoms with Crippen LogP contribution in [-0.4, -0.2) is 50.6 Å². The van der Waals surface area contributed by atoms with Crippen molar-refractivity contribution in [3.8, 4) is 17.2 Å². The molecule has 1 aliphatic heterocycles. The first-order valence-electron chi connectivity index (χ1n) is 10.1. The Hall–Kier alpha value is -2.51. The molecular formula is C23H30N2O4S. The van der Waals surface area contributed by atoms with Crippen LogP contribution in [0.2, 0.25) is 0 Å². The van der Waals surface area contributed by atoms with Crippen LogP contribution in [0.4, 0.5) is 5.69 Å². The van der Waals surface area contributed by atoms with Gasteiger partial charge in [0.25, 0.3) is 0 Å². The summed E-state index contributed by atoms with van der Waals surface area (Å²) in [6, 6.07) is 11.8. The van der Waals surface area contributed by atoms with Crippen molar-refractivity contribution < 1.29 is 18.9 Å². The molecule has 1 saturated heterocycles. The monoisotopic (exact) mass is 430 g/mol. The van der Waals surface area contributed by atoms with Gasteiger partial charge in [0.05, 0.1) is 33.1 Å². The molecule has 1 unspecified atom stereocenters. The van der Waals surface area contributed by atoms with Crippen molar-refractivity contribution in [2.24, 2.45) is 0 Å². The Morgan fingerprint density at radius 1 is 1.10 bits per heavy atom. The van der Waals surface area contributed by atoms with Crippen LogP contribution in [0.3, 0.4) is 0 Å². The lowest BCUT2D eigenvalue weighted by Gasteiger charge is -2.29. The zero-order valence-electron chi connectivity index (χ0n) is 18.1. The minimum Gasteiger partial charge on any atom is -0.497 e. The van der Waals surface area contributed by atoms with Crippen molar-refractivity contribution >= 4 is 23.0 Å². The Labute approximate surface area is 184 Å². The second-order valence-corrected chi connectivity index (χ2v) is 7.71. The molecule has 1 atom stereocenters. The van der Waals surface area contributed by atoms with Crippen LogP contribution in [0, 0.1) is 6.92 Å². The van der Waals surface area contributed by atoms with E-state index in [1.54, 1.807) is 21.3 Å². The lowest BCUT2D eigenvalue weighted by Crippen LogP contribution is -2.39. The number of ether oxygens (including phenoxy) is 4. The predicted molar refractivity (Wildman–Crippen MR) is 123 cm³/mol. The number of methoxy groups -OCH3 is 3. The van der Waals surface area contributed by atoms with Gasteiger partial charge < -0.3 is 29.2 Å². The third-order valence-electron chi connectivity index (χ3n) is 5.18. The third kappa shape index (κ3) is 5.55. The van der Waals surface area contributed by atoms with Crippen LogP contribution in [0.25, 0.3) is 0 Å². The quantitative estimate of drug-likeness (QED) is 0.623. The van der Waals surface area contributed by atoms with Crippen LogP contribution >= 0.6 is 12.2 Å². The average Bonchev–Trinajstić information content (AvgIpc) is 3.27. The molecule has 1 heterocycles. The molecule has 2 aromatic rings. The van der Waals surface area contributed by atoms with Crippen molar-refractivity contribution in [2.75, 3.05) is 39.8 Å². The SMILES string of the molecule is COc1ccc(OC)c(CN(CC2CCCO2)C(=S)Nc2ccc(C)cc2OC)c1. The Balaban J connectivity index is 1.84. The molecule has 30 heavy (non-hydrogen) atoms. The zero-order chi connectivity index (χ0) is 21.5. The number of hydrogen-bond acceptors (Lipinski definition) is 5. The predicted octanol–water partition coefficient (Wildman–Crippen LogP) is 4.40. The zero-order valence-corrected chi connectivity index (χ0v) is 18.9. The molecule has 3 rings (SSSR count). The summed E-state index contributed by atoms with van der Waals surface area (Å²) in [5.41, 5.74) is 2.96. The first-order valence-corrected chi connectivity index (χ1v) is 10.5. The van der Waals surface area contributed by atoms with Crippen LogP contribution in [0.15, 0.2) is 36.4 Å². The van der Waals surface area contributed by atoms with Crippen LogP contribution in [0.1, 0.15) is 24.0 Å². The highest BCUT2D eigenvalue weighted by molar-refractivity contribution is 7.80. The van der Waals surface area contributed by atoms with Gasteiger partial charge in [-0.3, -0.25) is 0 Å². The Bertz CT molecular complexity index is 868. The first kappa shape index (κ1) is 22.2. The van der Waals surface area contributed by atoms with Gasteiger partial charge in [-0.2, -0.15) is 0 Å². The molecule has 1 aliphatic rings. The van der Waals surface area contributed by atoms with Crippen LogP contribution in [-0.2, 0) is 11.3 Å². The van der Waals surface area contributed by atoms with E-state index in [9.17, 15) is 0 Å². The maximum absolute atomic E-state index is 5.87. The third-order valence-corrected chi connectivity index (χ3v) is 5.54. The summed E-state index contributed by atoms with van der Waals surface area (Å²) in [4.78, 5) is 2.11. The van der Waals surface area contributed by atoms with Gasteiger partial charge in [-0.1, -0.05) is 6.07 Å². The molecule has 7 heteroatoms. The van der Waals surface area contributed by atoms with E-state index < -0.39 is 0 Å². The van der Waals surface area contributed by atoms with Gasteiger partial charge >= 0.3 is 0 Å². The van der Waals surface area contributed by atoms with Crippen molar-refractivity contribution in [3.05, 3.63) is 47.5 Å². The lowest BCUT2D eigenvalue weighted by molar-refractivity contribution is 0.0903. The van der Waals surface area contributed by atoms with Gasteiger partial charge in [0, 0.05) is 25.3 Å². The Morgan fingerprint density at radius 2 is 1.90 bits per heavy atom. The van der Waals surface area contributed by atoms with E-state index in [0.717, 1.165) is 53.5 Å². The second-order valence-electron chi connectivity index (χ2n) is 7.33. The maximum Gasteiger partial charge on any atom is 0.173 e. The van der Waals surface area contributed by atoms with E-state index in [0.29, 0.717) is 18.2 Å². The highest BCUT2D eigenvalue weighted by atomic mass is 32.1. The number of thiocarbonyl (C=S) groups is 1. The standard InChI is InChI=1S/C23H30N2O4S/c1-16-7-9-20(22(12-16)28-4)24-23(30)25(15-19-6-5-11-29-19)14-17-13-18(26-2)8-10-21(17)27-3/h7-10,12-13,19H,5-6,11,14-15H2,1-4H3,(H,24,30). The summed E-state index contributed by atoms with van der Waals surface area (Å²) in [7, 11) is 4.99. The van der Waals surface area contributed by atoms with E-state index in [-0.39, 0.29) is 6.10 Å². The normalized spacial score (nSPS) is 15.5. The average molecular weight is 431 g/mol. The first-order chi connectivity index (χ1) is 14.5. The van der Waals surface area contributed by atoms with Crippen molar-refractivity contribution in [2.45, 2.75) is 32.4 Å². The molecule has 0 saturated carbocycles. The number of benzene rings is 2. The van der Waals surface area contributed by atoms with Gasteiger partial charge in [-0.05, 0) is 67.9 Å². The highest BCUT2D eigenvalue weighted by Gasteiger charge is 2.23. The lowest BCUT2D eigenvalue weighted by atomic mass is 10.1. The smallest absolute Gasteiger partial charge is 0.173 e. The summed E-state index contributed by atoms with van der Waals surface area (Å²) < 4.78 is 22.4. The maximum atomic E-state index is 5.87. The molecule has 6 nitrogen and oxygen atoms in total. The summed E-state index contributed by atoms with van der Waals surface area (Å²) in [5, 5.41) is 3.96. The Kier molecular flexibility index (Phi) is 7.76. The number of hydrogen-bond donors (Lipinski definition) is 1. The number of rotatable bonds is 8. The van der Waals surface area contributed by atoms with Crippen molar-refractivity contribution in [3.63, 3.8) is 0 Å². The highest BCUT2D eigenvalue weighted by Crippen LogP contribution is 2.28. The minimum absolute atomic E-state index is 0.154. The fraction of sp³-hybridized carbons (Fsp3) is 0.435. The molecule has 0 aromatic heterocycles. The van der Waals surface area contributed by atoms with E-state index in [1.165, 1.54) is 0 Å². The molecule has 0 amide bonds. The van der Waals surface area contributed by atoms with E-state index >= 15 is 0 Å². The number of aryl methyl sites for hydroxylation is 1. The van der Waals surface area contributed by atoms with E-state index in [1.807, 2.05) is 43.3 Å². The van der Waals surface area contributed by atoms with Crippen LogP contribution in [0.5, 0.6) is 17.2 Å². The van der Waals surface area contributed by atoms with Gasteiger partial charge in [-0.15, -0.1) is 0 Å². The molecule has 0 radical (unpaired) electrons. The molecule has 0 bridgehead atoms. The fourth-order valence-corrected chi connectivity index (χ4v) is 3.81. The van der Waals surface area contributed by atoms with Gasteiger partial charge in [0.15, 0.2) is 5.11 Å².